The van der Waals surface area contributed by atoms with Gasteiger partial charge in [-0.3, -0.25) is 14.5 Å². The Bertz CT molecular complexity index is 1200. The lowest BCUT2D eigenvalue weighted by Gasteiger charge is -2.41. The molecule has 2 bridgehead atoms. The van der Waals surface area contributed by atoms with E-state index in [-0.39, 0.29) is 23.8 Å². The summed E-state index contributed by atoms with van der Waals surface area (Å²) < 4.78 is 2.50. The number of aryl methyl sites for hydroxylation is 1. The van der Waals surface area contributed by atoms with Crippen molar-refractivity contribution in [1.29, 1.82) is 5.26 Å². The molecule has 2 amide bonds. The van der Waals surface area contributed by atoms with Crippen molar-refractivity contribution in [2.24, 2.45) is 5.92 Å². The van der Waals surface area contributed by atoms with E-state index in [9.17, 15) is 14.9 Å². The summed E-state index contributed by atoms with van der Waals surface area (Å²) in [7, 11) is 0. The second-order valence-corrected chi connectivity index (χ2v) is 12.3. The fourth-order valence-electron chi connectivity index (χ4n) is 6.81. The van der Waals surface area contributed by atoms with Gasteiger partial charge in [-0.15, -0.1) is 11.3 Å². The summed E-state index contributed by atoms with van der Waals surface area (Å²) in [6, 6.07) is 7.52. The number of thiophene rings is 1. The normalized spacial score (nSPS) is 24.1. The van der Waals surface area contributed by atoms with Gasteiger partial charge in [0, 0.05) is 61.0 Å². The molecule has 0 spiro atoms. The molecule has 37 heavy (non-hydrogen) atoms. The highest BCUT2D eigenvalue weighted by molar-refractivity contribution is 7.12. The number of carbonyl (C=O) groups excluding carboxylic acids is 2. The zero-order valence-corrected chi connectivity index (χ0v) is 23.2. The van der Waals surface area contributed by atoms with Gasteiger partial charge in [-0.25, -0.2) is 4.98 Å². The average Bonchev–Trinajstić information content (AvgIpc) is 3.53. The molecule has 1 N–H and O–H groups in total. The number of piperidine rings is 1. The molecule has 1 unspecified atom stereocenters. The standard InChI is InChI=1S/C28H38N6O2S/c1-17(2)28(36)32-11-10-26-25(16-32)30-18(3)34(26)22-13-20-5-6-21(14-22)33(20)12-9-24(31-19(4)35)27-8-7-23(15-29)37-27/h7-8,17,20-22,24H,5-6,9-14,16H2,1-4H3,(H,31,35)/t20-,21+,22?,24-/m0/s1. The number of nitrogens with zero attached hydrogens (tertiary/aromatic N) is 5. The number of nitrogens with one attached hydrogen (secondary N) is 1. The van der Waals surface area contributed by atoms with Crippen LogP contribution in [0.2, 0.25) is 0 Å². The van der Waals surface area contributed by atoms with Crippen LogP contribution in [0.3, 0.4) is 0 Å². The Labute approximate surface area is 223 Å². The molecule has 0 aromatic carbocycles. The van der Waals surface area contributed by atoms with Crippen LogP contribution < -0.4 is 5.32 Å². The van der Waals surface area contributed by atoms with E-state index < -0.39 is 0 Å². The number of hydrogen-bond acceptors (Lipinski definition) is 6. The van der Waals surface area contributed by atoms with Gasteiger partial charge >= 0.3 is 0 Å². The first kappa shape index (κ1) is 25.9. The minimum atomic E-state index is -0.0545. The van der Waals surface area contributed by atoms with Gasteiger partial charge < -0.3 is 14.8 Å². The van der Waals surface area contributed by atoms with Gasteiger partial charge in [0.2, 0.25) is 11.8 Å². The van der Waals surface area contributed by atoms with E-state index in [1.165, 1.54) is 29.9 Å². The molecule has 3 aliphatic rings. The van der Waals surface area contributed by atoms with E-state index >= 15 is 0 Å². The zero-order chi connectivity index (χ0) is 26.3. The largest absolute Gasteiger partial charge is 0.349 e. The third kappa shape index (κ3) is 5.19. The molecular formula is C28H38N6O2S. The van der Waals surface area contributed by atoms with Gasteiger partial charge in [-0.05, 0) is 51.2 Å². The highest BCUT2D eigenvalue weighted by Crippen LogP contribution is 2.43. The minimum absolute atomic E-state index is 0.0168. The molecule has 3 aliphatic heterocycles. The second kappa shape index (κ2) is 10.6. The molecule has 2 aromatic heterocycles. The number of fused-ring (bicyclic) bond motifs is 3. The molecule has 0 saturated carbocycles. The minimum Gasteiger partial charge on any atom is -0.349 e. The summed E-state index contributed by atoms with van der Waals surface area (Å²) in [5, 5.41) is 12.3. The molecule has 2 fully saturated rings. The Morgan fingerprint density at radius 3 is 2.57 bits per heavy atom. The number of hydrogen-bond donors (Lipinski definition) is 1. The fraction of sp³-hybridized carbons (Fsp3) is 0.643. The van der Waals surface area contributed by atoms with E-state index in [1.54, 1.807) is 6.92 Å². The molecular weight excluding hydrogens is 484 g/mol. The van der Waals surface area contributed by atoms with Crippen molar-refractivity contribution in [2.75, 3.05) is 13.1 Å². The molecule has 5 heterocycles. The van der Waals surface area contributed by atoms with Crippen LogP contribution in [0.15, 0.2) is 12.1 Å². The number of amides is 2. The maximum Gasteiger partial charge on any atom is 0.225 e. The van der Waals surface area contributed by atoms with Crippen LogP contribution in [0.25, 0.3) is 0 Å². The van der Waals surface area contributed by atoms with Crippen molar-refractivity contribution in [3.63, 3.8) is 0 Å². The fourth-order valence-corrected chi connectivity index (χ4v) is 7.70. The number of rotatable bonds is 7. The van der Waals surface area contributed by atoms with Crippen LogP contribution in [0.4, 0.5) is 0 Å². The Kier molecular flexibility index (Phi) is 7.42. The predicted molar refractivity (Wildman–Crippen MR) is 143 cm³/mol. The Morgan fingerprint density at radius 1 is 1.22 bits per heavy atom. The molecule has 0 radical (unpaired) electrons. The lowest BCUT2D eigenvalue weighted by atomic mass is 9.95. The Balaban J connectivity index is 1.26. The van der Waals surface area contributed by atoms with Crippen LogP contribution in [-0.2, 0) is 22.6 Å². The first-order valence-electron chi connectivity index (χ1n) is 13.6. The smallest absolute Gasteiger partial charge is 0.225 e. The maximum absolute atomic E-state index is 12.6. The SMILES string of the molecule is CC(=O)N[C@@H](CCN1[C@@H]2CC[C@H]1CC(n1c(C)nc3c1CCN(C(=O)C(C)C)C3)C2)c1ccc(C#N)s1. The average molecular weight is 523 g/mol. The van der Waals surface area contributed by atoms with Crippen molar-refractivity contribution >= 4 is 23.2 Å². The lowest BCUT2D eigenvalue weighted by molar-refractivity contribution is -0.135. The van der Waals surface area contributed by atoms with Crippen molar-refractivity contribution < 1.29 is 9.59 Å². The van der Waals surface area contributed by atoms with E-state index in [0.29, 0.717) is 29.5 Å². The summed E-state index contributed by atoms with van der Waals surface area (Å²) in [5.74, 6) is 1.28. The summed E-state index contributed by atoms with van der Waals surface area (Å²) in [5.41, 5.74) is 2.42. The first-order valence-corrected chi connectivity index (χ1v) is 14.4. The maximum atomic E-state index is 12.6. The third-order valence-corrected chi connectivity index (χ3v) is 9.50. The monoisotopic (exact) mass is 522 g/mol. The number of imidazole rings is 1. The molecule has 9 heteroatoms. The van der Waals surface area contributed by atoms with Crippen LogP contribution in [0.5, 0.6) is 0 Å². The summed E-state index contributed by atoms with van der Waals surface area (Å²) in [6.45, 7) is 9.97. The summed E-state index contributed by atoms with van der Waals surface area (Å²) in [4.78, 5) is 35.8. The first-order chi connectivity index (χ1) is 17.7. The van der Waals surface area contributed by atoms with Crippen LogP contribution >= 0.6 is 11.3 Å². The van der Waals surface area contributed by atoms with E-state index in [2.05, 4.69) is 27.8 Å². The molecule has 4 atom stereocenters. The van der Waals surface area contributed by atoms with Gasteiger partial charge in [0.25, 0.3) is 0 Å². The highest BCUT2D eigenvalue weighted by atomic mass is 32.1. The second-order valence-electron chi connectivity index (χ2n) is 11.2. The number of carbonyl (C=O) groups is 2. The molecule has 5 rings (SSSR count). The molecule has 2 aromatic rings. The molecule has 2 saturated heterocycles. The van der Waals surface area contributed by atoms with Crippen LogP contribution in [0, 0.1) is 24.2 Å². The third-order valence-electron chi connectivity index (χ3n) is 8.39. The van der Waals surface area contributed by atoms with Crippen molar-refractivity contribution in [3.05, 3.63) is 39.1 Å². The molecule has 8 nitrogen and oxygen atoms in total. The molecule has 198 valence electrons. The number of aromatic nitrogens is 2. The van der Waals surface area contributed by atoms with Gasteiger partial charge in [0.1, 0.15) is 16.8 Å². The lowest BCUT2D eigenvalue weighted by Crippen LogP contribution is -2.45. The van der Waals surface area contributed by atoms with Crippen LogP contribution in [0.1, 0.15) is 91.9 Å². The van der Waals surface area contributed by atoms with Crippen molar-refractivity contribution in [3.8, 4) is 6.07 Å². The van der Waals surface area contributed by atoms with E-state index in [1.807, 2.05) is 30.9 Å². The van der Waals surface area contributed by atoms with Gasteiger partial charge in [0.15, 0.2) is 0 Å². The van der Waals surface area contributed by atoms with Crippen LogP contribution in [-0.4, -0.2) is 56.3 Å². The number of nitriles is 1. The predicted octanol–water partition coefficient (Wildman–Crippen LogP) is 4.10. The quantitative estimate of drug-likeness (QED) is 0.591. The van der Waals surface area contributed by atoms with Gasteiger partial charge in [-0.2, -0.15) is 5.26 Å². The summed E-state index contributed by atoms with van der Waals surface area (Å²) >= 11 is 1.47. The van der Waals surface area contributed by atoms with E-state index in [4.69, 9.17) is 4.98 Å². The van der Waals surface area contributed by atoms with Gasteiger partial charge in [0.05, 0.1) is 18.3 Å². The zero-order valence-electron chi connectivity index (χ0n) is 22.4. The van der Waals surface area contributed by atoms with Gasteiger partial charge in [-0.1, -0.05) is 13.8 Å². The Hall–Kier alpha value is -2.70. The molecule has 0 aliphatic carbocycles. The topological polar surface area (TPSA) is 94.3 Å². The highest BCUT2D eigenvalue weighted by Gasteiger charge is 2.42. The summed E-state index contributed by atoms with van der Waals surface area (Å²) in [6.07, 6.45) is 6.41. The van der Waals surface area contributed by atoms with Crippen molar-refractivity contribution in [2.45, 2.75) is 96.9 Å². The van der Waals surface area contributed by atoms with E-state index in [0.717, 1.165) is 55.2 Å². The van der Waals surface area contributed by atoms with Crippen molar-refractivity contribution in [1.82, 2.24) is 24.7 Å². The Morgan fingerprint density at radius 2 is 1.95 bits per heavy atom.